The molecular formula is C27H31N7O5S. The van der Waals surface area contributed by atoms with Crippen LogP contribution in [0.3, 0.4) is 0 Å². The highest BCUT2D eigenvalue weighted by atomic mass is 32.2. The Balaban J connectivity index is 1.63. The molecule has 1 saturated heterocycles. The monoisotopic (exact) mass is 565 g/mol. The van der Waals surface area contributed by atoms with Crippen LogP contribution in [0.1, 0.15) is 42.3 Å². The first-order chi connectivity index (χ1) is 19.3. The van der Waals surface area contributed by atoms with Crippen LogP contribution in [0, 0.1) is 13.8 Å². The van der Waals surface area contributed by atoms with Gasteiger partial charge in [0.15, 0.2) is 11.6 Å². The van der Waals surface area contributed by atoms with Crippen molar-refractivity contribution in [3.8, 4) is 28.6 Å². The van der Waals surface area contributed by atoms with E-state index in [9.17, 15) is 8.42 Å². The summed E-state index contributed by atoms with van der Waals surface area (Å²) in [5.74, 6) is 1.51. The second-order valence-electron chi connectivity index (χ2n) is 9.54. The molecule has 1 N–H and O–H groups in total. The first-order valence-corrected chi connectivity index (χ1v) is 14.4. The van der Waals surface area contributed by atoms with Crippen molar-refractivity contribution < 1.29 is 22.6 Å². The lowest BCUT2D eigenvalue weighted by Crippen LogP contribution is -2.35. The Hall–Kier alpha value is -4.10. The van der Waals surface area contributed by atoms with Crippen molar-refractivity contribution in [3.05, 3.63) is 66.0 Å². The van der Waals surface area contributed by atoms with Gasteiger partial charge in [-0.2, -0.15) is 0 Å². The summed E-state index contributed by atoms with van der Waals surface area (Å²) in [4.78, 5) is 13.0. The van der Waals surface area contributed by atoms with E-state index in [0.29, 0.717) is 53.8 Å². The van der Waals surface area contributed by atoms with E-state index in [1.54, 1.807) is 47.6 Å². The zero-order chi connectivity index (χ0) is 28.3. The first kappa shape index (κ1) is 27.5. The molecule has 1 aromatic carbocycles. The molecule has 0 amide bonds. The highest BCUT2D eigenvalue weighted by molar-refractivity contribution is 7.93. The Morgan fingerprint density at radius 2 is 1.70 bits per heavy atom. The van der Waals surface area contributed by atoms with Gasteiger partial charge in [-0.05, 0) is 62.4 Å². The minimum absolute atomic E-state index is 0.0351. The van der Waals surface area contributed by atoms with E-state index in [2.05, 4.69) is 29.9 Å². The number of para-hydroxylation sites is 1. The molecule has 1 aliphatic rings. The Bertz CT molecular complexity index is 1570. The second-order valence-corrected chi connectivity index (χ2v) is 11.4. The summed E-state index contributed by atoms with van der Waals surface area (Å²) in [6, 6.07) is 7.16. The quantitative estimate of drug-likeness (QED) is 0.335. The average Bonchev–Trinajstić information content (AvgIpc) is 3.17. The number of rotatable bonds is 8. The maximum Gasteiger partial charge on any atom is 0.243 e. The number of aryl methyl sites for hydroxylation is 2. The highest BCUT2D eigenvalue weighted by Gasteiger charge is 2.39. The molecule has 2 atom stereocenters. The summed E-state index contributed by atoms with van der Waals surface area (Å²) in [5, 5.41) is 7.68. The number of methoxy groups -OCH3 is 2. The number of aromatic nitrogens is 6. The van der Waals surface area contributed by atoms with Gasteiger partial charge in [-0.15, -0.1) is 10.2 Å². The van der Waals surface area contributed by atoms with Crippen LogP contribution < -0.4 is 14.2 Å². The molecule has 3 aromatic heterocycles. The number of nitrogens with zero attached hydrogens (tertiary/aromatic N) is 6. The Morgan fingerprint density at radius 3 is 2.38 bits per heavy atom. The summed E-state index contributed by atoms with van der Waals surface area (Å²) in [7, 11) is -1.04. The first-order valence-electron chi connectivity index (χ1n) is 12.8. The molecule has 0 unspecified atom stereocenters. The molecule has 0 spiro atoms. The Kier molecular flexibility index (Phi) is 7.94. The van der Waals surface area contributed by atoms with Crippen molar-refractivity contribution in [2.24, 2.45) is 0 Å². The second kappa shape index (κ2) is 11.6. The van der Waals surface area contributed by atoms with Gasteiger partial charge in [-0.3, -0.25) is 14.3 Å². The number of hydrogen-bond acceptors (Lipinski definition) is 10. The van der Waals surface area contributed by atoms with Gasteiger partial charge in [-0.25, -0.2) is 18.4 Å². The fraction of sp³-hybridized carbons (Fsp3) is 0.370. The van der Waals surface area contributed by atoms with E-state index in [4.69, 9.17) is 14.2 Å². The summed E-state index contributed by atoms with van der Waals surface area (Å²) in [6.07, 6.45) is 7.57. The molecule has 0 aliphatic carbocycles. The van der Waals surface area contributed by atoms with Gasteiger partial charge < -0.3 is 14.2 Å². The molecule has 1 fully saturated rings. The van der Waals surface area contributed by atoms with Gasteiger partial charge in [0, 0.05) is 37.0 Å². The summed E-state index contributed by atoms with van der Waals surface area (Å²) < 4.78 is 49.7. The Morgan fingerprint density at radius 1 is 0.975 bits per heavy atom. The largest absolute Gasteiger partial charge is 0.494 e. The van der Waals surface area contributed by atoms with E-state index in [1.165, 1.54) is 14.2 Å². The van der Waals surface area contributed by atoms with Crippen molar-refractivity contribution >= 4 is 16.0 Å². The lowest BCUT2D eigenvalue weighted by Gasteiger charge is -2.24. The fourth-order valence-corrected chi connectivity index (χ4v) is 6.25. The van der Waals surface area contributed by atoms with Crippen molar-refractivity contribution in [2.45, 2.75) is 44.5 Å². The van der Waals surface area contributed by atoms with Crippen LogP contribution in [0.4, 0.5) is 5.95 Å². The van der Waals surface area contributed by atoms with Gasteiger partial charge in [0.2, 0.25) is 16.0 Å². The SMILES string of the molecule is COc1cccc(OC)c1-n1c(NS(=O)(=O)[C@H]2CCCCO[C@@H]2c2ncc(C)cn2)nnc1-c1cncc(C)c1. The van der Waals surface area contributed by atoms with E-state index < -0.39 is 21.4 Å². The third-order valence-corrected chi connectivity index (χ3v) is 8.37. The number of hydrogen-bond donors (Lipinski definition) is 1. The number of benzene rings is 1. The minimum Gasteiger partial charge on any atom is -0.494 e. The van der Waals surface area contributed by atoms with Crippen molar-refractivity contribution in [1.29, 1.82) is 0 Å². The number of anilines is 1. The summed E-state index contributed by atoms with van der Waals surface area (Å²) >= 11 is 0. The van der Waals surface area contributed by atoms with Crippen molar-refractivity contribution in [1.82, 2.24) is 29.7 Å². The van der Waals surface area contributed by atoms with E-state index in [0.717, 1.165) is 17.5 Å². The molecule has 40 heavy (non-hydrogen) atoms. The molecule has 0 bridgehead atoms. The summed E-state index contributed by atoms with van der Waals surface area (Å²) in [5.41, 5.74) is 2.83. The van der Waals surface area contributed by atoms with E-state index in [1.807, 2.05) is 19.9 Å². The number of nitrogens with one attached hydrogen (secondary N) is 1. The minimum atomic E-state index is -4.09. The van der Waals surface area contributed by atoms with Gasteiger partial charge in [-0.1, -0.05) is 6.07 Å². The molecule has 210 valence electrons. The van der Waals surface area contributed by atoms with Gasteiger partial charge in [0.25, 0.3) is 0 Å². The van der Waals surface area contributed by atoms with Crippen LogP contribution in [0.15, 0.2) is 49.1 Å². The predicted molar refractivity (Wildman–Crippen MR) is 148 cm³/mol. The van der Waals surface area contributed by atoms with Crippen LogP contribution in [0.2, 0.25) is 0 Å². The van der Waals surface area contributed by atoms with Gasteiger partial charge in [0.05, 0.1) is 14.2 Å². The van der Waals surface area contributed by atoms with Crippen LogP contribution in [-0.4, -0.2) is 64.2 Å². The van der Waals surface area contributed by atoms with Crippen molar-refractivity contribution in [3.63, 3.8) is 0 Å². The molecule has 5 rings (SSSR count). The van der Waals surface area contributed by atoms with Crippen LogP contribution in [-0.2, 0) is 14.8 Å². The van der Waals surface area contributed by atoms with Gasteiger partial charge in [0.1, 0.15) is 28.5 Å². The van der Waals surface area contributed by atoms with Crippen LogP contribution >= 0.6 is 0 Å². The lowest BCUT2D eigenvalue weighted by atomic mass is 10.1. The Labute approximate surface area is 232 Å². The molecule has 1 aliphatic heterocycles. The molecular weight excluding hydrogens is 534 g/mol. The molecule has 0 saturated carbocycles. The molecule has 12 nitrogen and oxygen atoms in total. The number of pyridine rings is 1. The smallest absolute Gasteiger partial charge is 0.243 e. The van der Waals surface area contributed by atoms with Crippen LogP contribution in [0.25, 0.3) is 17.1 Å². The third-order valence-electron chi connectivity index (χ3n) is 6.63. The molecule has 4 aromatic rings. The third kappa shape index (κ3) is 5.47. The standard InChI is InChI=1S/C27H31N7O5S/c1-17-12-19(16-28-13-17)26-31-32-27(34(26)23-20(37-3)8-7-9-21(23)38-4)33-40(35,36)22-10-5-6-11-39-24(22)25-29-14-18(2)15-30-25/h7-9,12-16,22,24H,5-6,10-11H2,1-4H3,(H,32,33)/t22-,24-/m0/s1. The normalized spacial score (nSPS) is 17.7. The van der Waals surface area contributed by atoms with Crippen LogP contribution in [0.5, 0.6) is 11.5 Å². The fourth-order valence-electron chi connectivity index (χ4n) is 4.71. The van der Waals surface area contributed by atoms with E-state index in [-0.39, 0.29) is 5.95 Å². The zero-order valence-electron chi connectivity index (χ0n) is 22.7. The van der Waals surface area contributed by atoms with Crippen molar-refractivity contribution in [2.75, 3.05) is 25.5 Å². The van der Waals surface area contributed by atoms with Gasteiger partial charge >= 0.3 is 0 Å². The number of ether oxygens (including phenoxy) is 3. The maximum absolute atomic E-state index is 14.0. The molecule has 13 heteroatoms. The average molecular weight is 566 g/mol. The summed E-state index contributed by atoms with van der Waals surface area (Å²) in [6.45, 7) is 4.19. The predicted octanol–water partition coefficient (Wildman–Crippen LogP) is 3.81. The molecule has 4 heterocycles. The van der Waals surface area contributed by atoms with E-state index >= 15 is 0 Å². The maximum atomic E-state index is 14.0. The lowest BCUT2D eigenvalue weighted by molar-refractivity contribution is 0.0542. The topological polar surface area (TPSA) is 143 Å². The zero-order valence-corrected chi connectivity index (χ0v) is 23.6. The number of sulfonamides is 1. The molecule has 0 radical (unpaired) electrons. The highest BCUT2D eigenvalue weighted by Crippen LogP contribution is 2.38.